The van der Waals surface area contributed by atoms with Crippen LogP contribution in [0.3, 0.4) is 0 Å². The van der Waals surface area contributed by atoms with Crippen molar-refractivity contribution in [1.29, 1.82) is 0 Å². The molecule has 0 radical (unpaired) electrons. The Kier molecular flexibility index (Phi) is 6.18. The Morgan fingerprint density at radius 3 is 2.63 bits per heavy atom. The maximum atomic E-state index is 12.3. The van der Waals surface area contributed by atoms with Crippen molar-refractivity contribution in [2.45, 2.75) is 25.8 Å². The van der Waals surface area contributed by atoms with Gasteiger partial charge in [-0.2, -0.15) is 0 Å². The van der Waals surface area contributed by atoms with Crippen molar-refractivity contribution in [1.82, 2.24) is 9.29 Å². The standard InChI is InChI=1S/C20H24N2O7S/c1-4-13-7-12-8-19(29-6-5-21-30(3,26)27)18(28-2)9-14(12)16-10-17(23)15(20(24)25)11-22(13)16/h8-11,13,21H,4-7H2,1-3H3,(H,24,25). The number of methoxy groups -OCH3 is 1. The SMILES string of the molecule is CCC1Cc2cc(OCCNS(C)(=O)=O)c(OC)cc2-c2cc(=O)c(C(=O)O)cn21. The fourth-order valence-corrected chi connectivity index (χ4v) is 4.05. The zero-order valence-electron chi connectivity index (χ0n) is 17.0. The number of benzene rings is 1. The molecule has 2 aromatic rings. The highest BCUT2D eigenvalue weighted by molar-refractivity contribution is 7.88. The van der Waals surface area contributed by atoms with Crippen LogP contribution in [0.5, 0.6) is 11.5 Å². The molecule has 162 valence electrons. The summed E-state index contributed by atoms with van der Waals surface area (Å²) in [5, 5.41) is 9.30. The minimum absolute atomic E-state index is 0.0145. The van der Waals surface area contributed by atoms with Crippen LogP contribution in [0.2, 0.25) is 0 Å². The number of rotatable bonds is 8. The Balaban J connectivity index is 2.01. The van der Waals surface area contributed by atoms with Crippen LogP contribution in [-0.2, 0) is 16.4 Å². The molecule has 1 unspecified atom stereocenters. The number of aromatic nitrogens is 1. The third-order valence-corrected chi connectivity index (χ3v) is 5.75. The van der Waals surface area contributed by atoms with E-state index < -0.39 is 21.4 Å². The monoisotopic (exact) mass is 436 g/mol. The molecule has 1 aromatic heterocycles. The van der Waals surface area contributed by atoms with Gasteiger partial charge in [-0.05, 0) is 30.5 Å². The summed E-state index contributed by atoms with van der Waals surface area (Å²) < 4.78 is 37.7. The minimum atomic E-state index is -3.30. The molecule has 1 aliphatic rings. The van der Waals surface area contributed by atoms with Gasteiger partial charge >= 0.3 is 5.97 Å². The number of ether oxygens (including phenoxy) is 2. The molecule has 1 aliphatic heterocycles. The van der Waals surface area contributed by atoms with E-state index >= 15 is 0 Å². The molecule has 10 heteroatoms. The number of carboxylic acid groups (broad SMARTS) is 1. The van der Waals surface area contributed by atoms with Crippen LogP contribution in [0.1, 0.15) is 35.3 Å². The molecule has 3 rings (SSSR count). The van der Waals surface area contributed by atoms with Gasteiger partial charge in [0.25, 0.3) is 0 Å². The van der Waals surface area contributed by atoms with E-state index in [0.29, 0.717) is 23.6 Å². The number of carbonyl (C=O) groups is 1. The molecule has 2 heterocycles. The molecule has 0 saturated carbocycles. The summed E-state index contributed by atoms with van der Waals surface area (Å²) in [4.78, 5) is 23.7. The second kappa shape index (κ2) is 8.49. The Labute approximate surface area is 174 Å². The van der Waals surface area contributed by atoms with Crippen LogP contribution in [0.4, 0.5) is 0 Å². The number of nitrogens with zero attached hydrogens (tertiary/aromatic N) is 1. The van der Waals surface area contributed by atoms with Crippen LogP contribution in [-0.4, -0.2) is 50.6 Å². The molecule has 0 spiro atoms. The summed E-state index contributed by atoms with van der Waals surface area (Å²) in [5.74, 6) is -0.344. The van der Waals surface area contributed by atoms with Gasteiger partial charge in [-0.3, -0.25) is 4.79 Å². The average molecular weight is 436 g/mol. The van der Waals surface area contributed by atoms with Crippen molar-refractivity contribution >= 4 is 16.0 Å². The lowest BCUT2D eigenvalue weighted by molar-refractivity contribution is 0.0694. The lowest BCUT2D eigenvalue weighted by Crippen LogP contribution is -2.27. The number of aromatic carboxylic acids is 1. The smallest absolute Gasteiger partial charge is 0.341 e. The molecule has 0 fully saturated rings. The first-order valence-corrected chi connectivity index (χ1v) is 11.3. The largest absolute Gasteiger partial charge is 0.493 e. The predicted octanol–water partition coefficient (Wildman–Crippen LogP) is 1.66. The van der Waals surface area contributed by atoms with Gasteiger partial charge in [0.05, 0.1) is 19.1 Å². The van der Waals surface area contributed by atoms with Gasteiger partial charge in [-0.1, -0.05) is 6.92 Å². The van der Waals surface area contributed by atoms with Crippen molar-refractivity contribution in [3.05, 3.63) is 45.7 Å². The Hall–Kier alpha value is -2.85. The average Bonchev–Trinajstić information content (AvgIpc) is 2.68. The fourth-order valence-electron chi connectivity index (χ4n) is 3.59. The number of nitrogens with one attached hydrogen (secondary N) is 1. The van der Waals surface area contributed by atoms with E-state index in [1.54, 1.807) is 6.07 Å². The summed E-state index contributed by atoms with van der Waals surface area (Å²) in [7, 11) is -1.81. The van der Waals surface area contributed by atoms with Crippen LogP contribution in [0.25, 0.3) is 11.3 Å². The Bertz CT molecular complexity index is 1140. The van der Waals surface area contributed by atoms with Gasteiger partial charge in [-0.25, -0.2) is 17.9 Å². The summed E-state index contributed by atoms with van der Waals surface area (Å²) in [6, 6.07) is 4.92. The molecular weight excluding hydrogens is 412 g/mol. The van der Waals surface area contributed by atoms with Crippen molar-refractivity contribution < 1.29 is 27.8 Å². The van der Waals surface area contributed by atoms with Gasteiger partial charge in [0.15, 0.2) is 16.9 Å². The van der Waals surface area contributed by atoms with E-state index in [4.69, 9.17) is 9.47 Å². The number of pyridine rings is 1. The normalized spacial score (nSPS) is 15.2. The van der Waals surface area contributed by atoms with E-state index in [2.05, 4.69) is 4.72 Å². The maximum Gasteiger partial charge on any atom is 0.341 e. The molecule has 2 N–H and O–H groups in total. The third kappa shape index (κ3) is 4.49. The van der Waals surface area contributed by atoms with E-state index in [1.165, 1.54) is 19.4 Å². The van der Waals surface area contributed by atoms with Crippen molar-refractivity contribution in [2.24, 2.45) is 0 Å². The first kappa shape index (κ1) is 21.8. The van der Waals surface area contributed by atoms with E-state index in [9.17, 15) is 23.1 Å². The summed E-state index contributed by atoms with van der Waals surface area (Å²) in [6.07, 6.45) is 3.86. The molecule has 9 nitrogen and oxygen atoms in total. The van der Waals surface area contributed by atoms with Crippen LogP contribution >= 0.6 is 0 Å². The van der Waals surface area contributed by atoms with Gasteiger partial charge in [-0.15, -0.1) is 0 Å². The Morgan fingerprint density at radius 1 is 1.30 bits per heavy atom. The molecule has 0 bridgehead atoms. The summed E-state index contributed by atoms with van der Waals surface area (Å²) in [5.41, 5.74) is 1.53. The highest BCUT2D eigenvalue weighted by Crippen LogP contribution is 2.41. The quantitative estimate of drug-likeness (QED) is 0.603. The lowest BCUT2D eigenvalue weighted by atomic mass is 9.90. The van der Waals surface area contributed by atoms with Gasteiger partial charge in [0.2, 0.25) is 10.0 Å². The lowest BCUT2D eigenvalue weighted by Gasteiger charge is -2.31. The second-order valence-corrected chi connectivity index (χ2v) is 8.92. The number of carboxylic acids is 1. The van der Waals surface area contributed by atoms with E-state index in [1.807, 2.05) is 17.6 Å². The highest BCUT2D eigenvalue weighted by atomic mass is 32.2. The van der Waals surface area contributed by atoms with Crippen molar-refractivity contribution in [3.8, 4) is 22.8 Å². The molecule has 0 saturated heterocycles. The predicted molar refractivity (Wildman–Crippen MR) is 111 cm³/mol. The number of sulfonamides is 1. The molecule has 30 heavy (non-hydrogen) atoms. The molecular formula is C20H24N2O7S. The molecule has 1 aromatic carbocycles. The Morgan fingerprint density at radius 2 is 2.03 bits per heavy atom. The van der Waals surface area contributed by atoms with Gasteiger partial charge < -0.3 is 19.1 Å². The minimum Gasteiger partial charge on any atom is -0.493 e. The summed E-state index contributed by atoms with van der Waals surface area (Å²) >= 11 is 0. The molecule has 0 aliphatic carbocycles. The zero-order chi connectivity index (χ0) is 22.1. The van der Waals surface area contributed by atoms with Crippen molar-refractivity contribution in [2.75, 3.05) is 26.5 Å². The number of hydrogen-bond acceptors (Lipinski definition) is 6. The van der Waals surface area contributed by atoms with E-state index in [0.717, 1.165) is 23.8 Å². The van der Waals surface area contributed by atoms with Crippen molar-refractivity contribution in [3.63, 3.8) is 0 Å². The van der Waals surface area contributed by atoms with Gasteiger partial charge in [0, 0.05) is 30.4 Å². The highest BCUT2D eigenvalue weighted by Gasteiger charge is 2.27. The maximum absolute atomic E-state index is 12.3. The van der Waals surface area contributed by atoms with E-state index in [-0.39, 0.29) is 24.8 Å². The summed E-state index contributed by atoms with van der Waals surface area (Å²) in [6.45, 7) is 2.24. The number of hydrogen-bond donors (Lipinski definition) is 2. The zero-order valence-corrected chi connectivity index (χ0v) is 17.8. The first-order valence-electron chi connectivity index (χ1n) is 9.42. The molecule has 1 atom stereocenters. The fraction of sp³-hybridized carbons (Fsp3) is 0.400. The van der Waals surface area contributed by atoms with Crippen LogP contribution in [0.15, 0.2) is 29.2 Å². The topological polar surface area (TPSA) is 124 Å². The third-order valence-electron chi connectivity index (χ3n) is 5.02. The van der Waals surface area contributed by atoms with Crippen LogP contribution < -0.4 is 19.6 Å². The first-order chi connectivity index (χ1) is 14.1. The number of fused-ring (bicyclic) bond motifs is 3. The second-order valence-electron chi connectivity index (χ2n) is 7.09. The molecule has 0 amide bonds. The van der Waals surface area contributed by atoms with Gasteiger partial charge in [0.1, 0.15) is 12.2 Å². The van der Waals surface area contributed by atoms with Crippen LogP contribution in [0, 0.1) is 0 Å².